The van der Waals surface area contributed by atoms with E-state index in [0.717, 1.165) is 11.3 Å². The topological polar surface area (TPSA) is 112 Å². The molecule has 0 atom stereocenters. The molecule has 2 aromatic heterocycles. The molecule has 2 aromatic rings. The fourth-order valence-electron chi connectivity index (χ4n) is 1.42. The van der Waals surface area contributed by atoms with Gasteiger partial charge in [0.1, 0.15) is 15.6 Å². The molecule has 0 amide bonds. The molecule has 0 fully saturated rings. The summed E-state index contributed by atoms with van der Waals surface area (Å²) in [5.41, 5.74) is 0.393. The maximum Gasteiger partial charge on any atom is 0.347 e. The number of thiophene rings is 1. The van der Waals surface area contributed by atoms with Crippen molar-refractivity contribution in [2.24, 2.45) is 0 Å². The molecule has 0 aromatic carbocycles. The van der Waals surface area contributed by atoms with E-state index in [-0.39, 0.29) is 15.6 Å². The quantitative estimate of drug-likeness (QED) is 0.784. The lowest BCUT2D eigenvalue weighted by Crippen LogP contribution is -2.16. The zero-order valence-electron chi connectivity index (χ0n) is 9.17. The second-order valence-electron chi connectivity index (χ2n) is 3.46. The fourth-order valence-corrected chi connectivity index (χ4v) is 4.07. The number of aryl methyl sites for hydroxylation is 1. The number of sulfonamides is 1. The predicted molar refractivity (Wildman–Crippen MR) is 65.4 cm³/mol. The molecule has 2 heterocycles. The average molecular weight is 287 g/mol. The number of H-pyrrole nitrogens is 1. The second kappa shape index (κ2) is 4.42. The first-order valence-electron chi connectivity index (χ1n) is 4.75. The molecule has 0 saturated carbocycles. The number of rotatable bonds is 4. The molecule has 0 aliphatic carbocycles. The van der Waals surface area contributed by atoms with Crippen molar-refractivity contribution in [3.05, 3.63) is 28.1 Å². The molecule has 3 N–H and O–H groups in total. The predicted octanol–water partition coefficient (Wildman–Crippen LogP) is 1.28. The molecule has 0 aliphatic rings. The van der Waals surface area contributed by atoms with Crippen molar-refractivity contribution < 1.29 is 18.3 Å². The SMILES string of the molecule is Cc1csc(C(=O)O)c1S(=O)(=O)Nc1ccn[nH]1. The van der Waals surface area contributed by atoms with Gasteiger partial charge in [0.25, 0.3) is 10.0 Å². The van der Waals surface area contributed by atoms with E-state index >= 15 is 0 Å². The molecule has 9 heteroatoms. The normalized spacial score (nSPS) is 11.4. The van der Waals surface area contributed by atoms with Crippen LogP contribution in [0.2, 0.25) is 0 Å². The Morgan fingerprint density at radius 1 is 1.56 bits per heavy atom. The Morgan fingerprint density at radius 3 is 2.83 bits per heavy atom. The first kappa shape index (κ1) is 12.6. The lowest BCUT2D eigenvalue weighted by molar-refractivity contribution is 0.0698. The summed E-state index contributed by atoms with van der Waals surface area (Å²) in [5.74, 6) is -1.09. The van der Waals surface area contributed by atoms with E-state index in [4.69, 9.17) is 5.11 Å². The number of hydrogen-bond acceptors (Lipinski definition) is 5. The average Bonchev–Trinajstić information content (AvgIpc) is 2.86. The maximum absolute atomic E-state index is 12.1. The third kappa shape index (κ3) is 2.22. The van der Waals surface area contributed by atoms with Crippen molar-refractivity contribution >= 4 is 33.1 Å². The number of nitrogens with zero attached hydrogens (tertiary/aromatic N) is 1. The molecular formula is C9H9N3O4S2. The summed E-state index contributed by atoms with van der Waals surface area (Å²) in [7, 11) is -3.94. The summed E-state index contributed by atoms with van der Waals surface area (Å²) in [6.45, 7) is 1.55. The lowest BCUT2D eigenvalue weighted by Gasteiger charge is -2.06. The van der Waals surface area contributed by atoms with Crippen LogP contribution in [-0.2, 0) is 10.0 Å². The molecule has 0 unspecified atom stereocenters. The number of nitrogens with one attached hydrogen (secondary N) is 2. The van der Waals surface area contributed by atoms with Crippen LogP contribution in [-0.4, -0.2) is 29.7 Å². The van der Waals surface area contributed by atoms with Gasteiger partial charge in [-0.2, -0.15) is 5.10 Å². The molecular weight excluding hydrogens is 278 g/mol. The third-order valence-electron chi connectivity index (χ3n) is 2.13. The summed E-state index contributed by atoms with van der Waals surface area (Å²) < 4.78 is 26.4. The minimum Gasteiger partial charge on any atom is -0.477 e. The van der Waals surface area contributed by atoms with Crippen LogP contribution in [0.5, 0.6) is 0 Å². The van der Waals surface area contributed by atoms with Gasteiger partial charge in [0.2, 0.25) is 0 Å². The summed E-state index contributed by atoms with van der Waals surface area (Å²) in [6.07, 6.45) is 1.39. The van der Waals surface area contributed by atoms with E-state index < -0.39 is 16.0 Å². The van der Waals surface area contributed by atoms with Crippen LogP contribution in [0.1, 0.15) is 15.2 Å². The number of aromatic nitrogens is 2. The van der Waals surface area contributed by atoms with E-state index in [1.807, 2.05) is 0 Å². The van der Waals surface area contributed by atoms with Gasteiger partial charge in [-0.1, -0.05) is 0 Å². The molecule has 18 heavy (non-hydrogen) atoms. The first-order valence-corrected chi connectivity index (χ1v) is 7.11. The molecule has 0 spiro atoms. The highest BCUT2D eigenvalue weighted by Gasteiger charge is 2.27. The molecule has 96 valence electrons. The molecule has 7 nitrogen and oxygen atoms in total. The Bertz CT molecular complexity index is 673. The van der Waals surface area contributed by atoms with Crippen molar-refractivity contribution in [1.29, 1.82) is 0 Å². The van der Waals surface area contributed by atoms with Crippen molar-refractivity contribution in [2.75, 3.05) is 4.72 Å². The zero-order chi connectivity index (χ0) is 13.3. The smallest absolute Gasteiger partial charge is 0.347 e. The Labute approximate surface area is 107 Å². The van der Waals surface area contributed by atoms with Gasteiger partial charge in [0.05, 0.1) is 6.20 Å². The molecule has 0 saturated heterocycles. The van der Waals surface area contributed by atoms with E-state index in [2.05, 4.69) is 14.9 Å². The monoisotopic (exact) mass is 287 g/mol. The molecule has 0 aliphatic heterocycles. The van der Waals surface area contributed by atoms with E-state index in [0.29, 0.717) is 5.56 Å². The van der Waals surface area contributed by atoms with Crippen molar-refractivity contribution in [3.63, 3.8) is 0 Å². The van der Waals surface area contributed by atoms with Crippen LogP contribution in [0, 0.1) is 6.92 Å². The van der Waals surface area contributed by atoms with Crippen LogP contribution in [0.15, 0.2) is 22.5 Å². The van der Waals surface area contributed by atoms with Crippen molar-refractivity contribution in [1.82, 2.24) is 10.2 Å². The molecule has 0 bridgehead atoms. The highest BCUT2D eigenvalue weighted by atomic mass is 32.2. The van der Waals surface area contributed by atoms with E-state index in [9.17, 15) is 13.2 Å². The van der Waals surface area contributed by atoms with E-state index in [1.54, 1.807) is 6.92 Å². The van der Waals surface area contributed by atoms with Crippen LogP contribution < -0.4 is 4.72 Å². The summed E-state index contributed by atoms with van der Waals surface area (Å²) in [6, 6.07) is 1.43. The van der Waals surface area contributed by atoms with Crippen LogP contribution in [0.3, 0.4) is 0 Å². The summed E-state index contributed by atoms with van der Waals surface area (Å²) in [5, 5.41) is 16.5. The summed E-state index contributed by atoms with van der Waals surface area (Å²) >= 11 is 0.879. The van der Waals surface area contributed by atoms with Gasteiger partial charge >= 0.3 is 5.97 Å². The Kier molecular flexibility index (Phi) is 3.09. The number of carboxylic acids is 1. The van der Waals surface area contributed by atoms with Gasteiger partial charge in [0.15, 0.2) is 0 Å². The highest BCUT2D eigenvalue weighted by molar-refractivity contribution is 7.93. The molecule has 0 radical (unpaired) electrons. The van der Waals surface area contributed by atoms with Crippen molar-refractivity contribution in [3.8, 4) is 0 Å². The second-order valence-corrected chi connectivity index (χ2v) is 5.96. The largest absolute Gasteiger partial charge is 0.477 e. The van der Waals surface area contributed by atoms with E-state index in [1.165, 1.54) is 17.6 Å². The first-order chi connectivity index (χ1) is 8.42. The number of carbonyl (C=O) groups is 1. The minimum atomic E-state index is -3.94. The van der Waals surface area contributed by atoms with Gasteiger partial charge in [-0.3, -0.25) is 9.82 Å². The fraction of sp³-hybridized carbons (Fsp3) is 0.111. The Balaban J connectivity index is 2.47. The van der Waals surface area contributed by atoms with Gasteiger partial charge in [-0.25, -0.2) is 13.2 Å². The highest BCUT2D eigenvalue weighted by Crippen LogP contribution is 2.28. The maximum atomic E-state index is 12.1. The molecule has 2 rings (SSSR count). The standard InChI is InChI=1S/C9H9N3O4S2/c1-5-4-17-7(9(13)14)8(5)18(15,16)12-6-2-3-10-11-6/h2-4H,1H3,(H,13,14)(H2,10,11,12). The third-order valence-corrected chi connectivity index (χ3v) is 4.89. The zero-order valence-corrected chi connectivity index (χ0v) is 10.8. The number of hydrogen-bond donors (Lipinski definition) is 3. The Morgan fingerprint density at radius 2 is 2.28 bits per heavy atom. The van der Waals surface area contributed by atoms with Gasteiger partial charge in [-0.05, 0) is 17.9 Å². The van der Waals surface area contributed by atoms with Crippen molar-refractivity contribution in [2.45, 2.75) is 11.8 Å². The van der Waals surface area contributed by atoms with Crippen LogP contribution in [0.25, 0.3) is 0 Å². The Hall–Kier alpha value is -1.87. The number of carboxylic acid groups (broad SMARTS) is 1. The number of anilines is 1. The van der Waals surface area contributed by atoms with Gasteiger partial charge < -0.3 is 5.11 Å². The number of aromatic carboxylic acids is 1. The summed E-state index contributed by atoms with van der Waals surface area (Å²) in [4.78, 5) is 10.6. The minimum absolute atomic E-state index is 0.178. The van der Waals surface area contributed by atoms with Gasteiger partial charge in [0, 0.05) is 6.07 Å². The lowest BCUT2D eigenvalue weighted by atomic mass is 10.3. The van der Waals surface area contributed by atoms with Gasteiger partial charge in [-0.15, -0.1) is 11.3 Å². The van der Waals surface area contributed by atoms with Crippen LogP contribution >= 0.6 is 11.3 Å². The number of aromatic amines is 1. The van der Waals surface area contributed by atoms with Crippen LogP contribution in [0.4, 0.5) is 5.82 Å².